The highest BCUT2D eigenvalue weighted by Crippen LogP contribution is 2.30. The number of amides is 1. The second-order valence-electron chi connectivity index (χ2n) is 7.75. The van der Waals surface area contributed by atoms with Crippen LogP contribution in [-0.2, 0) is 14.8 Å². The Hall–Kier alpha value is -1.41. The summed E-state index contributed by atoms with van der Waals surface area (Å²) in [6.45, 7) is 6.77. The Morgan fingerprint density at radius 1 is 1.15 bits per heavy atom. The number of carbonyl (C=O) groups is 1. The van der Waals surface area contributed by atoms with E-state index in [1.165, 1.54) is 23.6 Å². The lowest BCUT2D eigenvalue weighted by atomic mass is 9.91. The van der Waals surface area contributed by atoms with Gasteiger partial charge in [0.1, 0.15) is 10.6 Å². The van der Waals surface area contributed by atoms with E-state index in [0.717, 1.165) is 19.4 Å². The van der Waals surface area contributed by atoms with Crippen LogP contribution in [0.5, 0.6) is 0 Å². The maximum absolute atomic E-state index is 13.1. The predicted octanol–water partition coefficient (Wildman–Crippen LogP) is 2.87. The zero-order chi connectivity index (χ0) is 19.6. The van der Waals surface area contributed by atoms with Crippen LogP contribution in [0.3, 0.4) is 0 Å². The number of sulfonamides is 1. The molecule has 2 aliphatic rings. The molecule has 0 spiro atoms. The van der Waals surface area contributed by atoms with E-state index in [1.54, 1.807) is 13.8 Å². The first kappa shape index (κ1) is 20.3. The molecule has 0 bridgehead atoms. The molecule has 0 radical (unpaired) electrons. The van der Waals surface area contributed by atoms with Gasteiger partial charge in [-0.1, -0.05) is 24.4 Å². The summed E-state index contributed by atoms with van der Waals surface area (Å²) in [5.41, 5.74) is 0.389. The third-order valence-corrected chi connectivity index (χ3v) is 8.15. The summed E-state index contributed by atoms with van der Waals surface area (Å²) in [4.78, 5) is 15.3. The van der Waals surface area contributed by atoms with Gasteiger partial charge in [-0.3, -0.25) is 4.79 Å². The molecule has 2 fully saturated rings. The standard InChI is InChI=1S/C19H31N3O4S/c1-4-22(17-8-6-5-7-9-17)19(23)16-10-12-21(13-11-16)27(24,25)18-14(2)20-26-15(18)3/h16-17H,4-13H2,1-3H3. The van der Waals surface area contributed by atoms with Crippen molar-refractivity contribution in [1.29, 1.82) is 0 Å². The fourth-order valence-electron chi connectivity index (χ4n) is 4.54. The van der Waals surface area contributed by atoms with E-state index in [2.05, 4.69) is 5.16 Å². The molecule has 1 aromatic rings. The molecule has 27 heavy (non-hydrogen) atoms. The van der Waals surface area contributed by atoms with E-state index in [0.29, 0.717) is 43.4 Å². The summed E-state index contributed by atoms with van der Waals surface area (Å²) >= 11 is 0. The Balaban J connectivity index is 1.65. The Bertz CT molecular complexity index is 740. The quantitative estimate of drug-likeness (QED) is 0.763. The number of piperidine rings is 1. The zero-order valence-electron chi connectivity index (χ0n) is 16.6. The lowest BCUT2D eigenvalue weighted by molar-refractivity contribution is -0.139. The van der Waals surface area contributed by atoms with Gasteiger partial charge < -0.3 is 9.42 Å². The first-order chi connectivity index (χ1) is 12.9. The van der Waals surface area contributed by atoms with Crippen LogP contribution in [0.25, 0.3) is 0 Å². The van der Waals surface area contributed by atoms with Crippen molar-refractivity contribution in [2.24, 2.45) is 5.92 Å². The van der Waals surface area contributed by atoms with Crippen LogP contribution in [0.4, 0.5) is 0 Å². The second kappa shape index (κ2) is 8.31. The monoisotopic (exact) mass is 397 g/mol. The smallest absolute Gasteiger partial charge is 0.248 e. The third kappa shape index (κ3) is 4.06. The molecule has 2 heterocycles. The minimum absolute atomic E-state index is 0.0806. The van der Waals surface area contributed by atoms with Crippen molar-refractivity contribution in [3.05, 3.63) is 11.5 Å². The third-order valence-electron chi connectivity index (χ3n) is 6.01. The molecule has 0 aromatic carbocycles. The van der Waals surface area contributed by atoms with Gasteiger partial charge in [0.05, 0.1) is 0 Å². The van der Waals surface area contributed by atoms with Crippen molar-refractivity contribution in [3.8, 4) is 0 Å². The number of carbonyl (C=O) groups excluding carboxylic acids is 1. The minimum Gasteiger partial charge on any atom is -0.360 e. The molecule has 1 saturated heterocycles. The molecule has 152 valence electrons. The molecule has 0 N–H and O–H groups in total. The molecule has 1 saturated carbocycles. The molecule has 7 nitrogen and oxygen atoms in total. The van der Waals surface area contributed by atoms with Crippen molar-refractivity contribution < 1.29 is 17.7 Å². The van der Waals surface area contributed by atoms with Crippen molar-refractivity contribution in [2.75, 3.05) is 19.6 Å². The summed E-state index contributed by atoms with van der Waals surface area (Å²) < 4.78 is 32.4. The van der Waals surface area contributed by atoms with Gasteiger partial charge in [0.25, 0.3) is 0 Å². The van der Waals surface area contributed by atoms with E-state index in [4.69, 9.17) is 4.52 Å². The summed E-state index contributed by atoms with van der Waals surface area (Å²) in [6, 6.07) is 0.361. The Morgan fingerprint density at radius 2 is 1.78 bits per heavy atom. The Kier molecular flexibility index (Phi) is 6.25. The minimum atomic E-state index is -3.62. The molecule has 1 aromatic heterocycles. The Labute approximate surface area is 162 Å². The van der Waals surface area contributed by atoms with Crippen molar-refractivity contribution in [3.63, 3.8) is 0 Å². The average Bonchev–Trinajstić information content (AvgIpc) is 3.02. The summed E-state index contributed by atoms with van der Waals surface area (Å²) in [7, 11) is -3.62. The number of hydrogen-bond acceptors (Lipinski definition) is 5. The number of aromatic nitrogens is 1. The maximum Gasteiger partial charge on any atom is 0.248 e. The van der Waals surface area contributed by atoms with Crippen LogP contribution >= 0.6 is 0 Å². The van der Waals surface area contributed by atoms with E-state index in [9.17, 15) is 13.2 Å². The highest BCUT2D eigenvalue weighted by Gasteiger charge is 2.37. The summed E-state index contributed by atoms with van der Waals surface area (Å²) in [6.07, 6.45) is 7.00. The first-order valence-corrected chi connectivity index (χ1v) is 11.5. The fraction of sp³-hybridized carbons (Fsp3) is 0.789. The van der Waals surface area contributed by atoms with E-state index < -0.39 is 10.0 Å². The van der Waals surface area contributed by atoms with Crippen LogP contribution in [0.2, 0.25) is 0 Å². The van der Waals surface area contributed by atoms with Crippen LogP contribution in [-0.4, -0.2) is 54.4 Å². The summed E-state index contributed by atoms with van der Waals surface area (Å²) in [5, 5.41) is 3.76. The number of hydrogen-bond donors (Lipinski definition) is 0. The van der Waals surface area contributed by atoms with Crippen LogP contribution < -0.4 is 0 Å². The lowest BCUT2D eigenvalue weighted by Gasteiger charge is -2.38. The van der Waals surface area contributed by atoms with Crippen LogP contribution in [0.1, 0.15) is 63.3 Å². The first-order valence-electron chi connectivity index (χ1n) is 10.1. The molecular weight excluding hydrogens is 366 g/mol. The summed E-state index contributed by atoms with van der Waals surface area (Å²) in [5.74, 6) is 0.446. The van der Waals surface area contributed by atoms with Gasteiger partial charge in [-0.25, -0.2) is 8.42 Å². The largest absolute Gasteiger partial charge is 0.360 e. The molecule has 8 heteroatoms. The normalized spacial score (nSPS) is 20.7. The molecule has 3 rings (SSSR count). The van der Waals surface area contributed by atoms with Crippen molar-refractivity contribution in [1.82, 2.24) is 14.4 Å². The van der Waals surface area contributed by atoms with Gasteiger partial charge in [0, 0.05) is 31.6 Å². The SMILES string of the molecule is CCN(C(=O)C1CCN(S(=O)(=O)c2c(C)noc2C)CC1)C1CCCCC1. The number of nitrogens with zero attached hydrogens (tertiary/aromatic N) is 3. The van der Waals surface area contributed by atoms with Gasteiger partial charge in [-0.15, -0.1) is 0 Å². The lowest BCUT2D eigenvalue weighted by Crippen LogP contribution is -2.48. The average molecular weight is 398 g/mol. The van der Waals surface area contributed by atoms with E-state index >= 15 is 0 Å². The van der Waals surface area contributed by atoms with E-state index in [-0.39, 0.29) is 16.7 Å². The highest BCUT2D eigenvalue weighted by atomic mass is 32.2. The maximum atomic E-state index is 13.1. The number of aryl methyl sites for hydroxylation is 2. The fourth-order valence-corrected chi connectivity index (χ4v) is 6.30. The highest BCUT2D eigenvalue weighted by molar-refractivity contribution is 7.89. The van der Waals surface area contributed by atoms with Gasteiger partial charge in [0.2, 0.25) is 15.9 Å². The van der Waals surface area contributed by atoms with Gasteiger partial charge in [-0.05, 0) is 46.5 Å². The second-order valence-corrected chi connectivity index (χ2v) is 9.62. The van der Waals surface area contributed by atoms with Gasteiger partial charge in [-0.2, -0.15) is 4.31 Å². The van der Waals surface area contributed by atoms with Crippen LogP contribution in [0.15, 0.2) is 9.42 Å². The molecule has 0 unspecified atom stereocenters. The molecule has 1 aliphatic carbocycles. The van der Waals surface area contributed by atoms with E-state index in [1.807, 2.05) is 11.8 Å². The van der Waals surface area contributed by atoms with Crippen molar-refractivity contribution >= 4 is 15.9 Å². The van der Waals surface area contributed by atoms with Gasteiger partial charge in [0.15, 0.2) is 5.76 Å². The van der Waals surface area contributed by atoms with Crippen molar-refractivity contribution in [2.45, 2.75) is 76.7 Å². The number of rotatable bonds is 5. The topological polar surface area (TPSA) is 83.7 Å². The molecule has 0 atom stereocenters. The van der Waals surface area contributed by atoms with Gasteiger partial charge >= 0.3 is 0 Å². The Morgan fingerprint density at radius 3 is 2.30 bits per heavy atom. The molecular formula is C19H31N3O4S. The zero-order valence-corrected chi connectivity index (χ0v) is 17.4. The molecule has 1 aliphatic heterocycles. The molecule has 1 amide bonds. The predicted molar refractivity (Wildman–Crippen MR) is 102 cm³/mol. The van der Waals surface area contributed by atoms with Crippen LogP contribution in [0, 0.1) is 19.8 Å².